The largest absolute Gasteiger partial charge is 0.372 e. The lowest BCUT2D eigenvalue weighted by atomic mass is 9.63. The van der Waals surface area contributed by atoms with Gasteiger partial charge in [0.1, 0.15) is 16.1 Å². The van der Waals surface area contributed by atoms with E-state index in [1.165, 1.54) is 11.3 Å². The summed E-state index contributed by atoms with van der Waals surface area (Å²) < 4.78 is 11.7. The van der Waals surface area contributed by atoms with Crippen LogP contribution in [-0.2, 0) is 25.5 Å². The molecule has 2 saturated heterocycles. The number of imide groups is 1. The minimum Gasteiger partial charge on any atom is -0.372 e. The number of ketones is 1. The molecular formula is C22H19ClN4O5S. The number of morpholine rings is 1. The van der Waals surface area contributed by atoms with Gasteiger partial charge in [0.15, 0.2) is 11.4 Å². The predicted octanol–water partition coefficient (Wildman–Crippen LogP) is 2.75. The van der Waals surface area contributed by atoms with Gasteiger partial charge in [0.2, 0.25) is 11.8 Å². The molecule has 1 N–H and O–H groups in total. The number of piperidine rings is 1. The number of rotatable bonds is 1. The second-order valence-electron chi connectivity index (χ2n) is 8.85. The van der Waals surface area contributed by atoms with Crippen molar-refractivity contribution in [1.82, 2.24) is 15.5 Å². The Labute approximate surface area is 197 Å². The number of nitrogens with zero attached hydrogens (tertiary/aromatic N) is 3. The van der Waals surface area contributed by atoms with Crippen LogP contribution < -0.4 is 10.2 Å². The van der Waals surface area contributed by atoms with Crippen molar-refractivity contribution < 1.29 is 23.6 Å². The van der Waals surface area contributed by atoms with Crippen LogP contribution in [0.25, 0.3) is 21.5 Å². The minimum absolute atomic E-state index is 0.104. The van der Waals surface area contributed by atoms with E-state index >= 15 is 0 Å². The summed E-state index contributed by atoms with van der Waals surface area (Å²) in [5.41, 5.74) is 2.73. The molecule has 0 radical (unpaired) electrons. The van der Waals surface area contributed by atoms with Crippen molar-refractivity contribution in [3.8, 4) is 10.6 Å². The molecule has 2 aromatic heterocycles. The molecule has 5 heterocycles. The van der Waals surface area contributed by atoms with Crippen LogP contribution in [0.2, 0.25) is 5.02 Å². The number of nitrogens with one attached hydrogen (secondary N) is 1. The first kappa shape index (κ1) is 20.8. The van der Waals surface area contributed by atoms with Gasteiger partial charge >= 0.3 is 0 Å². The van der Waals surface area contributed by atoms with E-state index in [0.29, 0.717) is 33.9 Å². The highest BCUT2D eigenvalue weighted by molar-refractivity contribution is 7.13. The first-order valence-electron chi connectivity index (χ1n) is 10.6. The van der Waals surface area contributed by atoms with E-state index in [0.717, 1.165) is 10.4 Å². The van der Waals surface area contributed by atoms with Crippen molar-refractivity contribution in [3.05, 3.63) is 28.4 Å². The summed E-state index contributed by atoms with van der Waals surface area (Å²) in [6.45, 7) is 4.21. The Hall–Kier alpha value is -2.82. The van der Waals surface area contributed by atoms with Gasteiger partial charge in [-0.3, -0.25) is 24.7 Å². The summed E-state index contributed by atoms with van der Waals surface area (Å²) in [6.07, 6.45) is 0.855. The number of ether oxygens (including phenoxy) is 1. The van der Waals surface area contributed by atoms with E-state index in [9.17, 15) is 14.4 Å². The summed E-state index contributed by atoms with van der Waals surface area (Å²) >= 11 is 8.33. The lowest BCUT2D eigenvalue weighted by Gasteiger charge is -2.55. The Kier molecular flexibility index (Phi) is 4.46. The average Bonchev–Trinajstić information content (AvgIpc) is 3.41. The number of hydrogen-bond donors (Lipinski definition) is 1. The maximum atomic E-state index is 13.4. The van der Waals surface area contributed by atoms with Gasteiger partial charge in [-0.05, 0) is 31.9 Å². The number of halogens is 1. The van der Waals surface area contributed by atoms with Crippen LogP contribution in [0.5, 0.6) is 0 Å². The van der Waals surface area contributed by atoms with Crippen molar-refractivity contribution >= 4 is 57.2 Å². The highest BCUT2D eigenvalue weighted by atomic mass is 35.5. The number of benzene rings is 1. The van der Waals surface area contributed by atoms with Crippen LogP contribution in [0.4, 0.5) is 5.69 Å². The van der Waals surface area contributed by atoms with Crippen LogP contribution in [0, 0.1) is 5.41 Å². The topological polar surface area (TPSA) is 115 Å². The summed E-state index contributed by atoms with van der Waals surface area (Å²) in [7, 11) is 0. The van der Waals surface area contributed by atoms with Gasteiger partial charge < -0.3 is 14.2 Å². The summed E-state index contributed by atoms with van der Waals surface area (Å²) in [4.78, 5) is 45.6. The lowest BCUT2D eigenvalue weighted by molar-refractivity contribution is -0.158. The fourth-order valence-corrected chi connectivity index (χ4v) is 6.64. The van der Waals surface area contributed by atoms with E-state index < -0.39 is 35.2 Å². The number of carbonyl (C=O) groups excluding carboxylic acids is 3. The molecule has 2 fully saturated rings. The molecule has 3 aromatic rings. The van der Waals surface area contributed by atoms with Crippen LogP contribution in [0.3, 0.4) is 0 Å². The molecule has 9 nitrogen and oxygen atoms in total. The number of aromatic nitrogens is 2. The third-order valence-corrected chi connectivity index (χ3v) is 7.97. The quantitative estimate of drug-likeness (QED) is 0.412. The number of fused-ring (bicyclic) bond motifs is 5. The molecule has 3 aliphatic rings. The molecule has 0 aliphatic carbocycles. The van der Waals surface area contributed by atoms with Gasteiger partial charge in [-0.2, -0.15) is 0 Å². The maximum Gasteiger partial charge on any atom is 0.242 e. The second-order valence-corrected chi connectivity index (χ2v) is 10.1. The SMILES string of the molecule is C[C@@H]1CN2c3c(cc4c(-c5cncs5)noc4c3Cl)CC3(C(=O)CC(=O)NC3=O)[C@H]2[C@H](C)O1. The van der Waals surface area contributed by atoms with Gasteiger partial charge in [-0.15, -0.1) is 11.3 Å². The highest BCUT2D eigenvalue weighted by Gasteiger charge is 2.62. The normalized spacial score (nSPS) is 29.4. The standard InChI is InChI=1S/C22H19ClN4O5S/c1-9-7-27-18-11(3-12-17(13-6-24-8-33-13)26-32-19(12)16(18)23)5-22(20(27)10(2)31-9)14(28)4-15(29)25-21(22)30/h3,6,8-10,20H,4-5,7H2,1-2H3,(H,25,29,30)/t9-,10+,20-,22?/m1/s1. The van der Waals surface area contributed by atoms with Crippen molar-refractivity contribution in [2.45, 2.75) is 44.9 Å². The summed E-state index contributed by atoms with van der Waals surface area (Å²) in [6, 6.07) is 1.28. The van der Waals surface area contributed by atoms with Gasteiger partial charge in [0.25, 0.3) is 0 Å². The maximum absolute atomic E-state index is 13.4. The molecule has 0 saturated carbocycles. The number of thiazole rings is 1. The molecular weight excluding hydrogens is 468 g/mol. The Bertz CT molecular complexity index is 1320. The van der Waals surface area contributed by atoms with Crippen molar-refractivity contribution in [2.75, 3.05) is 11.4 Å². The monoisotopic (exact) mass is 486 g/mol. The Morgan fingerprint density at radius 2 is 2.12 bits per heavy atom. The molecule has 11 heteroatoms. The fraction of sp³-hybridized carbons (Fsp3) is 0.409. The number of carbonyl (C=O) groups is 3. The molecule has 6 rings (SSSR count). The molecule has 1 aromatic carbocycles. The number of amides is 2. The van der Waals surface area contributed by atoms with Crippen molar-refractivity contribution in [2.24, 2.45) is 5.41 Å². The molecule has 170 valence electrons. The molecule has 2 amide bonds. The van der Waals surface area contributed by atoms with Crippen LogP contribution in [0.15, 0.2) is 22.3 Å². The van der Waals surface area contributed by atoms with E-state index in [4.69, 9.17) is 20.9 Å². The minimum atomic E-state index is -1.46. The molecule has 1 unspecified atom stereocenters. The molecule has 33 heavy (non-hydrogen) atoms. The average molecular weight is 487 g/mol. The number of anilines is 1. The Morgan fingerprint density at radius 3 is 2.85 bits per heavy atom. The van der Waals surface area contributed by atoms with Crippen molar-refractivity contribution in [3.63, 3.8) is 0 Å². The van der Waals surface area contributed by atoms with Gasteiger partial charge in [-0.1, -0.05) is 16.8 Å². The molecule has 1 spiro atoms. The van der Waals surface area contributed by atoms with Crippen LogP contribution in [-0.4, -0.2) is 52.5 Å². The van der Waals surface area contributed by atoms with Gasteiger partial charge in [0, 0.05) is 12.7 Å². The zero-order valence-electron chi connectivity index (χ0n) is 17.8. The fourth-order valence-electron chi connectivity index (χ4n) is 5.66. The van der Waals surface area contributed by atoms with Crippen molar-refractivity contribution in [1.29, 1.82) is 0 Å². The smallest absolute Gasteiger partial charge is 0.242 e. The first-order valence-corrected chi connectivity index (χ1v) is 11.9. The van der Waals surface area contributed by atoms with E-state index in [-0.39, 0.29) is 18.9 Å². The zero-order valence-corrected chi connectivity index (χ0v) is 19.3. The zero-order chi connectivity index (χ0) is 23.1. The summed E-state index contributed by atoms with van der Waals surface area (Å²) in [5, 5.41) is 7.69. The number of hydrogen-bond acceptors (Lipinski definition) is 9. The van der Waals surface area contributed by atoms with Crippen LogP contribution in [0.1, 0.15) is 25.8 Å². The Morgan fingerprint density at radius 1 is 1.30 bits per heavy atom. The third-order valence-electron chi connectivity index (χ3n) is 6.84. The van der Waals surface area contributed by atoms with E-state index in [1.807, 2.05) is 24.8 Å². The first-order chi connectivity index (χ1) is 15.8. The molecule has 0 bridgehead atoms. The van der Waals surface area contributed by atoms with E-state index in [2.05, 4.69) is 15.5 Å². The number of Topliss-reactive ketones (excluding diaryl/α,β-unsaturated/α-hetero) is 1. The third kappa shape index (κ3) is 2.77. The van der Waals surface area contributed by atoms with Gasteiger partial charge in [0.05, 0.1) is 46.1 Å². The van der Waals surface area contributed by atoms with Gasteiger partial charge in [-0.25, -0.2) is 0 Å². The molecule has 4 atom stereocenters. The molecule has 3 aliphatic heterocycles. The second kappa shape index (κ2) is 7.09. The Balaban J connectivity index is 1.61. The summed E-state index contributed by atoms with van der Waals surface area (Å²) in [5.74, 6) is -1.56. The van der Waals surface area contributed by atoms with E-state index in [1.54, 1.807) is 11.7 Å². The highest BCUT2D eigenvalue weighted by Crippen LogP contribution is 2.52. The lowest BCUT2D eigenvalue weighted by Crippen LogP contribution is -2.72. The van der Waals surface area contributed by atoms with Crippen LogP contribution >= 0.6 is 22.9 Å². The predicted molar refractivity (Wildman–Crippen MR) is 120 cm³/mol.